The van der Waals surface area contributed by atoms with Gasteiger partial charge in [0.25, 0.3) is 0 Å². The molecule has 2 aromatic carbocycles. The van der Waals surface area contributed by atoms with Crippen LogP contribution in [-0.2, 0) is 16.0 Å². The molecular weight excluding hydrogens is 340 g/mol. The van der Waals surface area contributed by atoms with Crippen LogP contribution < -0.4 is 10.2 Å². The zero-order valence-electron chi connectivity index (χ0n) is 15.0. The van der Waals surface area contributed by atoms with Crippen molar-refractivity contribution >= 4 is 17.3 Å². The van der Waals surface area contributed by atoms with Crippen molar-refractivity contribution in [2.24, 2.45) is 0 Å². The zero-order chi connectivity index (χ0) is 18.5. The third kappa shape index (κ3) is 4.17. The number of para-hydroxylation sites is 3. The van der Waals surface area contributed by atoms with Crippen molar-refractivity contribution in [1.29, 1.82) is 0 Å². The average molecular weight is 362 g/mol. The Morgan fingerprint density at radius 1 is 1.04 bits per heavy atom. The average Bonchev–Trinajstić information content (AvgIpc) is 3.18. The van der Waals surface area contributed by atoms with E-state index in [1.165, 1.54) is 0 Å². The fraction of sp³-hybridized carbons (Fsp3) is 0.238. The van der Waals surface area contributed by atoms with Crippen LogP contribution in [0, 0.1) is 0 Å². The van der Waals surface area contributed by atoms with Gasteiger partial charge in [-0.15, -0.1) is 0 Å². The topological polar surface area (TPSA) is 59.4 Å². The molecule has 0 radical (unpaired) electrons. The number of benzene rings is 2. The third-order valence-corrected chi connectivity index (χ3v) is 4.55. The molecule has 1 aliphatic rings. The number of morpholine rings is 1. The maximum atomic E-state index is 12.6. The van der Waals surface area contributed by atoms with Crippen molar-refractivity contribution in [2.45, 2.75) is 6.42 Å². The van der Waals surface area contributed by atoms with Gasteiger partial charge in [-0.05, 0) is 29.8 Å². The van der Waals surface area contributed by atoms with Gasteiger partial charge in [-0.3, -0.25) is 4.79 Å². The summed E-state index contributed by atoms with van der Waals surface area (Å²) in [5.74, 6) is -0.0525. The van der Waals surface area contributed by atoms with Crippen molar-refractivity contribution in [2.75, 3.05) is 36.5 Å². The summed E-state index contributed by atoms with van der Waals surface area (Å²) in [4.78, 5) is 14.8. The molecule has 0 aliphatic carbocycles. The minimum absolute atomic E-state index is 0.0525. The fourth-order valence-electron chi connectivity index (χ4n) is 3.21. The molecule has 0 atom stereocenters. The molecule has 1 amide bonds. The van der Waals surface area contributed by atoms with E-state index in [9.17, 15) is 4.79 Å². The molecule has 0 spiro atoms. The minimum atomic E-state index is -0.0525. The quantitative estimate of drug-likeness (QED) is 0.758. The van der Waals surface area contributed by atoms with Crippen LogP contribution >= 0.6 is 0 Å². The van der Waals surface area contributed by atoms with E-state index < -0.39 is 0 Å². The van der Waals surface area contributed by atoms with Gasteiger partial charge in [0, 0.05) is 19.3 Å². The van der Waals surface area contributed by atoms with E-state index in [-0.39, 0.29) is 12.3 Å². The molecule has 6 nitrogen and oxygen atoms in total. The Morgan fingerprint density at radius 3 is 2.59 bits per heavy atom. The van der Waals surface area contributed by atoms with Gasteiger partial charge in [0.1, 0.15) is 0 Å². The number of hydrogen-bond acceptors (Lipinski definition) is 4. The second-order valence-corrected chi connectivity index (χ2v) is 6.47. The number of carbonyl (C=O) groups excluding carboxylic acids is 1. The van der Waals surface area contributed by atoms with Crippen LogP contribution in [0.3, 0.4) is 0 Å². The molecule has 1 N–H and O–H groups in total. The molecule has 27 heavy (non-hydrogen) atoms. The van der Waals surface area contributed by atoms with Crippen LogP contribution in [0.5, 0.6) is 0 Å². The lowest BCUT2D eigenvalue weighted by molar-refractivity contribution is -0.115. The number of ether oxygens (including phenoxy) is 1. The zero-order valence-corrected chi connectivity index (χ0v) is 15.0. The highest BCUT2D eigenvalue weighted by Crippen LogP contribution is 2.26. The van der Waals surface area contributed by atoms with Crippen LogP contribution in [0.25, 0.3) is 5.69 Å². The summed E-state index contributed by atoms with van der Waals surface area (Å²) < 4.78 is 7.20. The van der Waals surface area contributed by atoms with Crippen LogP contribution in [-0.4, -0.2) is 42.0 Å². The molecule has 4 rings (SSSR count). The summed E-state index contributed by atoms with van der Waals surface area (Å²) >= 11 is 0. The van der Waals surface area contributed by atoms with Crippen molar-refractivity contribution in [3.05, 3.63) is 72.6 Å². The number of aromatic nitrogens is 2. The Balaban J connectivity index is 1.44. The molecule has 138 valence electrons. The molecule has 0 unspecified atom stereocenters. The van der Waals surface area contributed by atoms with Gasteiger partial charge in [-0.2, -0.15) is 5.10 Å². The number of rotatable bonds is 5. The van der Waals surface area contributed by atoms with Gasteiger partial charge in [0.15, 0.2) is 0 Å². The van der Waals surface area contributed by atoms with E-state index in [0.717, 1.165) is 35.7 Å². The van der Waals surface area contributed by atoms with Crippen molar-refractivity contribution in [3.8, 4) is 5.69 Å². The molecule has 6 heteroatoms. The summed E-state index contributed by atoms with van der Waals surface area (Å²) in [5.41, 5.74) is 3.72. The number of nitrogens with zero attached hydrogens (tertiary/aromatic N) is 3. The highest BCUT2D eigenvalue weighted by atomic mass is 16.5. The van der Waals surface area contributed by atoms with E-state index in [1.54, 1.807) is 10.9 Å². The first-order valence-electron chi connectivity index (χ1n) is 9.10. The molecule has 0 saturated carbocycles. The van der Waals surface area contributed by atoms with Gasteiger partial charge in [-0.25, -0.2) is 4.68 Å². The van der Waals surface area contributed by atoms with Crippen LogP contribution in [0.1, 0.15) is 5.56 Å². The lowest BCUT2D eigenvalue weighted by Gasteiger charge is -2.30. The first kappa shape index (κ1) is 17.3. The van der Waals surface area contributed by atoms with E-state index in [0.29, 0.717) is 13.2 Å². The summed E-state index contributed by atoms with van der Waals surface area (Å²) in [6, 6.07) is 17.8. The van der Waals surface area contributed by atoms with Crippen LogP contribution in [0.15, 0.2) is 67.0 Å². The molecule has 1 saturated heterocycles. The number of hydrogen-bond donors (Lipinski definition) is 1. The van der Waals surface area contributed by atoms with Gasteiger partial charge in [0.05, 0.1) is 42.9 Å². The first-order valence-corrected chi connectivity index (χ1v) is 9.10. The standard InChI is InChI=1S/C21H22N4O2/c26-21(14-17-15-22-25(16-17)18-6-2-1-3-7-18)23-19-8-4-5-9-20(19)24-10-12-27-13-11-24/h1-9,15-16H,10-14H2,(H,23,26). The monoisotopic (exact) mass is 362 g/mol. The number of nitrogens with one attached hydrogen (secondary N) is 1. The number of amides is 1. The summed E-state index contributed by atoms with van der Waals surface area (Å²) in [5, 5.41) is 7.40. The Hall–Kier alpha value is -3.12. The van der Waals surface area contributed by atoms with Crippen molar-refractivity contribution < 1.29 is 9.53 Å². The highest BCUT2D eigenvalue weighted by molar-refractivity contribution is 5.95. The van der Waals surface area contributed by atoms with Crippen molar-refractivity contribution in [1.82, 2.24) is 9.78 Å². The maximum Gasteiger partial charge on any atom is 0.228 e. The lowest BCUT2D eigenvalue weighted by atomic mass is 10.2. The molecule has 1 aromatic heterocycles. The summed E-state index contributed by atoms with van der Waals surface area (Å²) in [6.07, 6.45) is 3.91. The molecule has 3 aromatic rings. The van der Waals surface area contributed by atoms with Gasteiger partial charge in [-0.1, -0.05) is 30.3 Å². The maximum absolute atomic E-state index is 12.6. The Labute approximate surface area is 158 Å². The SMILES string of the molecule is O=C(Cc1cnn(-c2ccccc2)c1)Nc1ccccc1N1CCOCC1. The lowest BCUT2D eigenvalue weighted by Crippen LogP contribution is -2.36. The molecule has 2 heterocycles. The predicted octanol–water partition coefficient (Wildman–Crippen LogP) is 2.89. The second-order valence-electron chi connectivity index (χ2n) is 6.47. The molecule has 1 aliphatic heterocycles. The summed E-state index contributed by atoms with van der Waals surface area (Å²) in [7, 11) is 0. The van der Waals surface area contributed by atoms with Gasteiger partial charge >= 0.3 is 0 Å². The molecule has 1 fully saturated rings. The van der Waals surface area contributed by atoms with Gasteiger partial charge < -0.3 is 15.0 Å². The Bertz CT molecular complexity index is 901. The van der Waals surface area contributed by atoms with Gasteiger partial charge in [0.2, 0.25) is 5.91 Å². The van der Waals surface area contributed by atoms with E-state index in [1.807, 2.05) is 60.8 Å². The normalized spacial score (nSPS) is 14.1. The van der Waals surface area contributed by atoms with E-state index >= 15 is 0 Å². The molecule has 0 bridgehead atoms. The number of carbonyl (C=O) groups is 1. The smallest absolute Gasteiger partial charge is 0.228 e. The predicted molar refractivity (Wildman–Crippen MR) is 105 cm³/mol. The highest BCUT2D eigenvalue weighted by Gasteiger charge is 2.16. The van der Waals surface area contributed by atoms with Crippen LogP contribution in [0.2, 0.25) is 0 Å². The first-order chi connectivity index (χ1) is 13.3. The minimum Gasteiger partial charge on any atom is -0.378 e. The second kappa shape index (κ2) is 8.05. The van der Waals surface area contributed by atoms with E-state index in [4.69, 9.17) is 4.74 Å². The largest absolute Gasteiger partial charge is 0.378 e. The van der Waals surface area contributed by atoms with Crippen molar-refractivity contribution in [3.63, 3.8) is 0 Å². The summed E-state index contributed by atoms with van der Waals surface area (Å²) in [6.45, 7) is 3.08. The Kier molecular flexibility index (Phi) is 5.16. The number of anilines is 2. The Morgan fingerprint density at radius 2 is 1.78 bits per heavy atom. The van der Waals surface area contributed by atoms with E-state index in [2.05, 4.69) is 15.3 Å². The third-order valence-electron chi connectivity index (χ3n) is 4.55. The molecular formula is C21H22N4O2. The fourth-order valence-corrected chi connectivity index (χ4v) is 3.21. The van der Waals surface area contributed by atoms with Crippen LogP contribution in [0.4, 0.5) is 11.4 Å².